The van der Waals surface area contributed by atoms with Crippen molar-refractivity contribution in [2.75, 3.05) is 11.1 Å². The van der Waals surface area contributed by atoms with E-state index in [1.165, 1.54) is 24.3 Å². The Labute approximate surface area is 108 Å². The SMILES string of the molecule is Nc1cc(NC(=O)c2ccc(O)c(O)c2)ccc1F. The van der Waals surface area contributed by atoms with Gasteiger partial charge in [0.25, 0.3) is 5.91 Å². The van der Waals surface area contributed by atoms with Gasteiger partial charge in [0.05, 0.1) is 5.69 Å². The Balaban J connectivity index is 2.20. The second-order valence-corrected chi connectivity index (χ2v) is 3.89. The molecule has 0 aromatic heterocycles. The van der Waals surface area contributed by atoms with Crippen LogP contribution in [-0.2, 0) is 0 Å². The lowest BCUT2D eigenvalue weighted by molar-refractivity contribution is 0.102. The first kappa shape index (κ1) is 12.7. The predicted octanol–water partition coefficient (Wildman–Crippen LogP) is 2.07. The number of amides is 1. The Hall–Kier alpha value is -2.76. The minimum absolute atomic E-state index is 0.0775. The summed E-state index contributed by atoms with van der Waals surface area (Å²) in [6.07, 6.45) is 0. The van der Waals surface area contributed by atoms with Gasteiger partial charge in [-0.1, -0.05) is 0 Å². The number of anilines is 2. The number of nitrogens with one attached hydrogen (secondary N) is 1. The first-order valence-corrected chi connectivity index (χ1v) is 5.36. The van der Waals surface area contributed by atoms with E-state index < -0.39 is 17.5 Å². The standard InChI is InChI=1S/C13H11FN2O3/c14-9-3-2-8(6-10(9)15)16-13(19)7-1-4-11(17)12(18)5-7/h1-6,17-18H,15H2,(H,16,19). The van der Waals surface area contributed by atoms with Crippen molar-refractivity contribution in [2.45, 2.75) is 0 Å². The van der Waals surface area contributed by atoms with Crippen molar-refractivity contribution in [3.05, 3.63) is 47.8 Å². The zero-order chi connectivity index (χ0) is 14.0. The largest absolute Gasteiger partial charge is 0.504 e. The van der Waals surface area contributed by atoms with E-state index in [-0.39, 0.29) is 17.0 Å². The van der Waals surface area contributed by atoms with Crippen molar-refractivity contribution in [1.82, 2.24) is 0 Å². The number of benzene rings is 2. The lowest BCUT2D eigenvalue weighted by Crippen LogP contribution is -2.12. The molecule has 0 radical (unpaired) electrons. The summed E-state index contributed by atoms with van der Waals surface area (Å²) in [6.45, 7) is 0. The van der Waals surface area contributed by atoms with E-state index in [2.05, 4.69) is 5.32 Å². The third kappa shape index (κ3) is 2.74. The van der Waals surface area contributed by atoms with E-state index >= 15 is 0 Å². The molecular weight excluding hydrogens is 251 g/mol. The summed E-state index contributed by atoms with van der Waals surface area (Å²) in [6, 6.07) is 7.45. The zero-order valence-electron chi connectivity index (χ0n) is 9.72. The van der Waals surface area contributed by atoms with Crippen LogP contribution in [0.1, 0.15) is 10.4 Å². The molecular formula is C13H11FN2O3. The maximum absolute atomic E-state index is 13.0. The molecule has 2 aromatic rings. The van der Waals surface area contributed by atoms with Gasteiger partial charge in [0.1, 0.15) is 5.82 Å². The zero-order valence-corrected chi connectivity index (χ0v) is 9.72. The second kappa shape index (κ2) is 4.85. The van der Waals surface area contributed by atoms with Gasteiger partial charge in [0.15, 0.2) is 11.5 Å². The topological polar surface area (TPSA) is 95.6 Å². The van der Waals surface area contributed by atoms with E-state index in [0.29, 0.717) is 5.69 Å². The molecule has 5 nitrogen and oxygen atoms in total. The van der Waals surface area contributed by atoms with Gasteiger partial charge in [-0.15, -0.1) is 0 Å². The molecule has 0 aliphatic carbocycles. The van der Waals surface area contributed by atoms with Crippen LogP contribution in [0.25, 0.3) is 0 Å². The van der Waals surface area contributed by atoms with Crippen molar-refractivity contribution >= 4 is 17.3 Å². The number of carbonyl (C=O) groups excluding carboxylic acids is 1. The molecule has 6 heteroatoms. The van der Waals surface area contributed by atoms with Crippen LogP contribution in [0, 0.1) is 5.82 Å². The molecule has 2 aromatic carbocycles. The quantitative estimate of drug-likeness (QED) is 0.492. The summed E-state index contributed by atoms with van der Waals surface area (Å²) in [5, 5.41) is 20.9. The first-order valence-electron chi connectivity index (χ1n) is 5.36. The number of nitrogen functional groups attached to an aromatic ring is 1. The fraction of sp³-hybridized carbons (Fsp3) is 0. The van der Waals surface area contributed by atoms with Gasteiger partial charge in [-0.2, -0.15) is 0 Å². The highest BCUT2D eigenvalue weighted by Gasteiger charge is 2.10. The van der Waals surface area contributed by atoms with Crippen molar-refractivity contribution in [3.63, 3.8) is 0 Å². The summed E-state index contributed by atoms with van der Waals surface area (Å²) >= 11 is 0. The monoisotopic (exact) mass is 262 g/mol. The summed E-state index contributed by atoms with van der Waals surface area (Å²) in [7, 11) is 0. The van der Waals surface area contributed by atoms with Crippen molar-refractivity contribution < 1.29 is 19.4 Å². The molecule has 5 N–H and O–H groups in total. The van der Waals surface area contributed by atoms with Gasteiger partial charge in [-0.05, 0) is 36.4 Å². The minimum Gasteiger partial charge on any atom is -0.504 e. The van der Waals surface area contributed by atoms with Crippen LogP contribution in [0.3, 0.4) is 0 Å². The molecule has 0 aliphatic rings. The van der Waals surface area contributed by atoms with E-state index in [1.54, 1.807) is 0 Å². The summed E-state index contributed by atoms with van der Waals surface area (Å²) in [5.41, 5.74) is 5.78. The van der Waals surface area contributed by atoms with Gasteiger partial charge in [0.2, 0.25) is 0 Å². The van der Waals surface area contributed by atoms with Crippen molar-refractivity contribution in [2.24, 2.45) is 0 Å². The van der Waals surface area contributed by atoms with Gasteiger partial charge >= 0.3 is 0 Å². The van der Waals surface area contributed by atoms with Crippen LogP contribution >= 0.6 is 0 Å². The smallest absolute Gasteiger partial charge is 0.255 e. The Morgan fingerprint density at radius 3 is 2.47 bits per heavy atom. The average Bonchev–Trinajstić information content (AvgIpc) is 2.37. The average molecular weight is 262 g/mol. The summed E-state index contributed by atoms with van der Waals surface area (Å²) < 4.78 is 13.0. The number of hydrogen-bond acceptors (Lipinski definition) is 4. The summed E-state index contributed by atoms with van der Waals surface area (Å²) in [5.74, 6) is -1.80. The second-order valence-electron chi connectivity index (χ2n) is 3.89. The highest BCUT2D eigenvalue weighted by atomic mass is 19.1. The van der Waals surface area contributed by atoms with Crippen molar-refractivity contribution in [1.29, 1.82) is 0 Å². The van der Waals surface area contributed by atoms with E-state index in [9.17, 15) is 14.3 Å². The number of halogens is 1. The molecule has 2 rings (SSSR count). The number of aromatic hydroxyl groups is 2. The van der Waals surface area contributed by atoms with Crippen LogP contribution < -0.4 is 11.1 Å². The first-order chi connectivity index (χ1) is 8.97. The molecule has 98 valence electrons. The number of phenolic OH excluding ortho intramolecular Hbond substituents is 2. The minimum atomic E-state index is -0.569. The fourth-order valence-electron chi connectivity index (χ4n) is 1.49. The molecule has 0 saturated carbocycles. The lowest BCUT2D eigenvalue weighted by Gasteiger charge is -2.07. The van der Waals surface area contributed by atoms with Crippen LogP contribution in [0.5, 0.6) is 11.5 Å². The van der Waals surface area contributed by atoms with Crippen LogP contribution in [0.2, 0.25) is 0 Å². The molecule has 1 amide bonds. The third-order valence-electron chi connectivity index (χ3n) is 2.49. The molecule has 0 fully saturated rings. The van der Waals surface area contributed by atoms with Crippen LogP contribution in [-0.4, -0.2) is 16.1 Å². The number of phenols is 2. The highest BCUT2D eigenvalue weighted by molar-refractivity contribution is 6.04. The normalized spacial score (nSPS) is 10.2. The van der Waals surface area contributed by atoms with Crippen LogP contribution in [0.4, 0.5) is 15.8 Å². The fourth-order valence-corrected chi connectivity index (χ4v) is 1.49. The van der Waals surface area contributed by atoms with Crippen molar-refractivity contribution in [3.8, 4) is 11.5 Å². The molecule has 0 saturated heterocycles. The molecule has 0 heterocycles. The van der Waals surface area contributed by atoms with Gasteiger partial charge in [0, 0.05) is 11.3 Å². The van der Waals surface area contributed by atoms with E-state index in [1.807, 2.05) is 0 Å². The predicted molar refractivity (Wildman–Crippen MR) is 68.5 cm³/mol. The maximum Gasteiger partial charge on any atom is 0.255 e. The number of hydrogen-bond donors (Lipinski definition) is 4. The number of rotatable bonds is 2. The van der Waals surface area contributed by atoms with Gasteiger partial charge < -0.3 is 21.3 Å². The molecule has 0 spiro atoms. The molecule has 0 aliphatic heterocycles. The highest BCUT2D eigenvalue weighted by Crippen LogP contribution is 2.25. The lowest BCUT2D eigenvalue weighted by atomic mass is 10.2. The maximum atomic E-state index is 13.0. The molecule has 19 heavy (non-hydrogen) atoms. The number of nitrogens with two attached hydrogens (primary N) is 1. The molecule has 0 bridgehead atoms. The Kier molecular flexibility index (Phi) is 3.24. The Morgan fingerprint density at radius 2 is 1.84 bits per heavy atom. The van der Waals surface area contributed by atoms with E-state index in [0.717, 1.165) is 12.1 Å². The Bertz CT molecular complexity index is 644. The van der Waals surface area contributed by atoms with E-state index in [4.69, 9.17) is 10.8 Å². The van der Waals surface area contributed by atoms with Gasteiger partial charge in [-0.25, -0.2) is 4.39 Å². The summed E-state index contributed by atoms with van der Waals surface area (Å²) in [4.78, 5) is 11.8. The number of carbonyl (C=O) groups is 1. The van der Waals surface area contributed by atoms with Crippen LogP contribution in [0.15, 0.2) is 36.4 Å². The third-order valence-corrected chi connectivity index (χ3v) is 2.49. The Morgan fingerprint density at radius 1 is 1.11 bits per heavy atom. The molecule has 0 unspecified atom stereocenters. The molecule has 0 atom stereocenters. The van der Waals surface area contributed by atoms with Gasteiger partial charge in [-0.3, -0.25) is 4.79 Å².